The van der Waals surface area contributed by atoms with Crippen molar-refractivity contribution in [2.45, 2.75) is 56.8 Å². The topological polar surface area (TPSA) is 49.8 Å². The van der Waals surface area contributed by atoms with Crippen molar-refractivity contribution in [3.8, 4) is 5.75 Å². The van der Waals surface area contributed by atoms with Crippen LogP contribution in [-0.2, 0) is 23.1 Å². The Hall–Kier alpha value is -2.33. The largest absolute Gasteiger partial charge is 0.494 e. The Labute approximate surface area is 186 Å². The van der Waals surface area contributed by atoms with Gasteiger partial charge in [-0.05, 0) is 92.7 Å². The molecule has 31 heavy (non-hydrogen) atoms. The predicted octanol–water partition coefficient (Wildman–Crippen LogP) is 5.09. The standard InChI is InChI=1S/C27H35NO3/c1-28(18-13-21-6-3-2-4-7-21)17-5-19-31-24-9-8-22-10-14-27(25(22)20-24)15-11-23(12-16-27)26(29)30/h2-4,6-9,20,23H,5,10-19H2,1H3,(H,29,30). The van der Waals surface area contributed by atoms with Gasteiger partial charge < -0.3 is 14.7 Å². The van der Waals surface area contributed by atoms with Crippen LogP contribution in [0.25, 0.3) is 0 Å². The summed E-state index contributed by atoms with van der Waals surface area (Å²) < 4.78 is 6.12. The van der Waals surface area contributed by atoms with Crippen LogP contribution in [0, 0.1) is 5.92 Å². The number of aliphatic carboxylic acids is 1. The van der Waals surface area contributed by atoms with Crippen LogP contribution in [0.4, 0.5) is 0 Å². The molecule has 4 heteroatoms. The fourth-order valence-electron chi connectivity index (χ4n) is 5.40. The van der Waals surface area contributed by atoms with E-state index in [0.29, 0.717) is 0 Å². The first-order valence-electron chi connectivity index (χ1n) is 11.8. The monoisotopic (exact) mass is 421 g/mol. The molecule has 0 atom stereocenters. The van der Waals surface area contributed by atoms with Crippen molar-refractivity contribution < 1.29 is 14.6 Å². The molecule has 0 heterocycles. The maximum Gasteiger partial charge on any atom is 0.306 e. The van der Waals surface area contributed by atoms with Gasteiger partial charge in [0.25, 0.3) is 0 Å². The molecule has 0 unspecified atom stereocenters. The minimum atomic E-state index is -0.626. The first-order chi connectivity index (χ1) is 15.1. The molecule has 1 N–H and O–H groups in total. The molecule has 1 saturated carbocycles. The number of fused-ring (bicyclic) bond motifs is 2. The lowest BCUT2D eigenvalue weighted by atomic mass is 9.67. The average molecular weight is 422 g/mol. The number of carboxylic acid groups (broad SMARTS) is 1. The molecule has 0 aromatic heterocycles. The van der Waals surface area contributed by atoms with Crippen molar-refractivity contribution in [2.75, 3.05) is 26.7 Å². The van der Waals surface area contributed by atoms with Crippen molar-refractivity contribution in [2.24, 2.45) is 5.92 Å². The Morgan fingerprint density at radius 1 is 1.10 bits per heavy atom. The first kappa shape index (κ1) is 21.9. The third-order valence-corrected chi connectivity index (χ3v) is 7.40. The number of benzene rings is 2. The number of likely N-dealkylation sites (N-methyl/N-ethyl adjacent to an activating group) is 1. The van der Waals surface area contributed by atoms with Crippen molar-refractivity contribution in [3.05, 3.63) is 65.2 Å². The zero-order valence-corrected chi connectivity index (χ0v) is 18.7. The number of hydrogen-bond donors (Lipinski definition) is 1. The Morgan fingerprint density at radius 3 is 2.61 bits per heavy atom. The number of rotatable bonds is 9. The van der Waals surface area contributed by atoms with Gasteiger partial charge in [-0.25, -0.2) is 0 Å². The molecule has 4 rings (SSSR count). The summed E-state index contributed by atoms with van der Waals surface area (Å²) in [6.45, 7) is 2.81. The van der Waals surface area contributed by atoms with Crippen molar-refractivity contribution >= 4 is 5.97 Å². The molecule has 2 aliphatic carbocycles. The molecule has 2 aromatic carbocycles. The molecule has 0 amide bonds. The van der Waals surface area contributed by atoms with Gasteiger partial charge in [0, 0.05) is 13.1 Å². The highest BCUT2D eigenvalue weighted by molar-refractivity contribution is 5.70. The maximum atomic E-state index is 11.3. The molecule has 0 aliphatic heterocycles. The molecule has 4 nitrogen and oxygen atoms in total. The van der Waals surface area contributed by atoms with Gasteiger partial charge in [-0.2, -0.15) is 0 Å². The van der Waals surface area contributed by atoms with Crippen LogP contribution < -0.4 is 4.74 Å². The predicted molar refractivity (Wildman–Crippen MR) is 124 cm³/mol. The summed E-state index contributed by atoms with van der Waals surface area (Å²) in [5.41, 5.74) is 4.42. The summed E-state index contributed by atoms with van der Waals surface area (Å²) in [6.07, 6.45) is 7.94. The third-order valence-electron chi connectivity index (χ3n) is 7.40. The second-order valence-electron chi connectivity index (χ2n) is 9.45. The summed E-state index contributed by atoms with van der Waals surface area (Å²) in [7, 11) is 2.18. The van der Waals surface area contributed by atoms with E-state index in [4.69, 9.17) is 4.74 Å². The second-order valence-corrected chi connectivity index (χ2v) is 9.45. The van der Waals surface area contributed by atoms with Crippen LogP contribution in [0.3, 0.4) is 0 Å². The van der Waals surface area contributed by atoms with Crippen molar-refractivity contribution in [3.63, 3.8) is 0 Å². The lowest BCUT2D eigenvalue weighted by molar-refractivity contribution is -0.143. The molecular weight excluding hydrogens is 386 g/mol. The quantitative estimate of drug-likeness (QED) is 0.573. The fourth-order valence-corrected chi connectivity index (χ4v) is 5.40. The van der Waals surface area contributed by atoms with Crippen LogP contribution in [0.1, 0.15) is 55.2 Å². The lowest BCUT2D eigenvalue weighted by Crippen LogP contribution is -2.32. The third kappa shape index (κ3) is 5.30. The van der Waals surface area contributed by atoms with E-state index in [0.717, 1.165) is 76.8 Å². The first-order valence-corrected chi connectivity index (χ1v) is 11.8. The maximum absolute atomic E-state index is 11.3. The second kappa shape index (κ2) is 9.86. The van der Waals surface area contributed by atoms with E-state index >= 15 is 0 Å². The van der Waals surface area contributed by atoms with E-state index < -0.39 is 5.97 Å². The summed E-state index contributed by atoms with van der Waals surface area (Å²) in [5, 5.41) is 9.34. The summed E-state index contributed by atoms with van der Waals surface area (Å²) in [4.78, 5) is 13.7. The van der Waals surface area contributed by atoms with Crippen LogP contribution in [0.2, 0.25) is 0 Å². The zero-order chi connectivity index (χ0) is 21.7. The van der Waals surface area contributed by atoms with E-state index in [1.165, 1.54) is 16.7 Å². The summed E-state index contributed by atoms with van der Waals surface area (Å²) in [5.74, 6) is 0.180. The molecule has 0 bridgehead atoms. The highest BCUT2D eigenvalue weighted by atomic mass is 16.5. The minimum Gasteiger partial charge on any atom is -0.494 e. The van der Waals surface area contributed by atoms with Gasteiger partial charge in [0.05, 0.1) is 12.5 Å². The average Bonchev–Trinajstić information content (AvgIpc) is 3.13. The van der Waals surface area contributed by atoms with E-state index in [1.54, 1.807) is 0 Å². The molecule has 2 aromatic rings. The van der Waals surface area contributed by atoms with Gasteiger partial charge in [-0.15, -0.1) is 0 Å². The summed E-state index contributed by atoms with van der Waals surface area (Å²) >= 11 is 0. The van der Waals surface area contributed by atoms with E-state index in [2.05, 4.69) is 60.5 Å². The SMILES string of the molecule is CN(CCCOc1ccc2c(c1)C1(CC2)CCC(C(=O)O)CC1)CCc1ccccc1. The number of carbonyl (C=O) groups is 1. The fraction of sp³-hybridized carbons (Fsp3) is 0.519. The van der Waals surface area contributed by atoms with Crippen molar-refractivity contribution in [1.29, 1.82) is 0 Å². The Bertz CT molecular complexity index is 871. The van der Waals surface area contributed by atoms with Gasteiger partial charge in [0.1, 0.15) is 5.75 Å². The zero-order valence-electron chi connectivity index (χ0n) is 18.7. The molecular formula is C27H35NO3. The molecule has 166 valence electrons. The van der Waals surface area contributed by atoms with Gasteiger partial charge >= 0.3 is 5.97 Å². The lowest BCUT2D eigenvalue weighted by Gasteiger charge is -2.37. The normalized spacial score (nSPS) is 22.6. The Kier molecular flexibility index (Phi) is 6.96. The number of carboxylic acids is 1. The van der Waals surface area contributed by atoms with E-state index in [-0.39, 0.29) is 11.3 Å². The highest BCUT2D eigenvalue weighted by Gasteiger charge is 2.42. The number of ether oxygens (including phenoxy) is 1. The summed E-state index contributed by atoms with van der Waals surface area (Å²) in [6, 6.07) is 17.2. The highest BCUT2D eigenvalue weighted by Crippen LogP contribution is 2.50. The van der Waals surface area contributed by atoms with Gasteiger partial charge in [-0.3, -0.25) is 4.79 Å². The van der Waals surface area contributed by atoms with Crippen LogP contribution in [0.15, 0.2) is 48.5 Å². The molecule has 2 aliphatic rings. The van der Waals surface area contributed by atoms with E-state index in [9.17, 15) is 9.90 Å². The Balaban J connectivity index is 1.25. The molecule has 0 radical (unpaired) electrons. The van der Waals surface area contributed by atoms with Crippen LogP contribution in [-0.4, -0.2) is 42.7 Å². The molecule has 1 spiro atoms. The minimum absolute atomic E-state index is 0.159. The van der Waals surface area contributed by atoms with Gasteiger partial charge in [0.2, 0.25) is 0 Å². The van der Waals surface area contributed by atoms with Crippen LogP contribution >= 0.6 is 0 Å². The van der Waals surface area contributed by atoms with Crippen molar-refractivity contribution in [1.82, 2.24) is 4.90 Å². The molecule has 0 saturated heterocycles. The molecule has 1 fully saturated rings. The van der Waals surface area contributed by atoms with Gasteiger partial charge in [0.15, 0.2) is 0 Å². The van der Waals surface area contributed by atoms with E-state index in [1.807, 2.05) is 0 Å². The van der Waals surface area contributed by atoms with Crippen LogP contribution in [0.5, 0.6) is 5.75 Å². The number of hydrogen-bond acceptors (Lipinski definition) is 3. The Morgan fingerprint density at radius 2 is 1.87 bits per heavy atom. The smallest absolute Gasteiger partial charge is 0.306 e. The number of aryl methyl sites for hydroxylation is 1. The van der Waals surface area contributed by atoms with Gasteiger partial charge in [-0.1, -0.05) is 36.4 Å². The number of nitrogens with zero attached hydrogens (tertiary/aromatic N) is 1.